The van der Waals surface area contributed by atoms with Crippen molar-refractivity contribution in [1.29, 1.82) is 0 Å². The number of hydrogen-bond acceptors (Lipinski definition) is 7. The van der Waals surface area contributed by atoms with Crippen molar-refractivity contribution in [2.24, 2.45) is 10.8 Å². The number of allylic oxidation sites excluding steroid dienone is 4. The van der Waals surface area contributed by atoms with E-state index in [1.54, 1.807) is 37.3 Å². The van der Waals surface area contributed by atoms with E-state index in [1.165, 1.54) is 12.1 Å². The average Bonchev–Trinajstić information content (AvgIpc) is 2.84. The molecule has 0 unspecified atom stereocenters. The van der Waals surface area contributed by atoms with E-state index in [1.807, 2.05) is 50.3 Å². The lowest BCUT2D eigenvalue weighted by Crippen LogP contribution is -2.37. The summed E-state index contributed by atoms with van der Waals surface area (Å²) < 4.78 is 44.5. The number of Topliss-reactive ketones (excluding diaryl/α,β-unsaturated/α-hetero) is 2. The monoisotopic (exact) mass is 676 g/mol. The van der Waals surface area contributed by atoms with Gasteiger partial charge in [-0.25, -0.2) is 0 Å². The predicted molar refractivity (Wildman–Crippen MR) is 159 cm³/mol. The number of benzene rings is 2. The van der Waals surface area contributed by atoms with E-state index >= 15 is 0 Å². The second-order valence-electron chi connectivity index (χ2n) is 12.2. The predicted octanol–water partition coefficient (Wildman–Crippen LogP) is 6.86. The zero-order valence-electron chi connectivity index (χ0n) is 23.3. The van der Waals surface area contributed by atoms with Crippen molar-refractivity contribution in [3.05, 3.63) is 74.3 Å². The van der Waals surface area contributed by atoms with Gasteiger partial charge in [0, 0.05) is 42.7 Å². The van der Waals surface area contributed by atoms with Crippen LogP contribution in [-0.2, 0) is 24.4 Å². The van der Waals surface area contributed by atoms with Crippen LogP contribution in [0, 0.1) is 14.4 Å². The van der Waals surface area contributed by atoms with E-state index in [-0.39, 0.29) is 45.4 Å². The summed E-state index contributed by atoms with van der Waals surface area (Å²) in [6, 6.07) is 11.4. The second-order valence-corrected chi connectivity index (χ2v) is 14.9. The first kappa shape index (κ1) is 28.9. The zero-order valence-corrected chi connectivity index (χ0v) is 26.3. The number of rotatable bonds is 6. The molecule has 0 atom stereocenters. The lowest BCUT2D eigenvalue weighted by molar-refractivity contribution is -0.120. The van der Waals surface area contributed by atoms with Crippen LogP contribution in [0.4, 0.5) is 0 Å². The van der Waals surface area contributed by atoms with Crippen LogP contribution in [0.2, 0.25) is 0 Å². The first-order chi connectivity index (χ1) is 18.7. The minimum absolute atomic E-state index is 0.0252. The number of hydrogen-bond donors (Lipinski definition) is 0. The van der Waals surface area contributed by atoms with Crippen LogP contribution >= 0.6 is 22.6 Å². The molecule has 5 rings (SSSR count). The van der Waals surface area contributed by atoms with Crippen LogP contribution < -0.4 is 8.92 Å². The Kier molecular flexibility index (Phi) is 7.44. The van der Waals surface area contributed by atoms with E-state index in [2.05, 4.69) is 0 Å². The molecule has 0 saturated heterocycles. The number of halogens is 1. The molecule has 0 saturated carbocycles. The van der Waals surface area contributed by atoms with E-state index in [0.717, 1.165) is 0 Å². The number of carbonyl (C=O) groups is 2. The largest absolute Gasteiger partial charge is 0.490 e. The number of carbonyl (C=O) groups excluding carboxylic acids is 2. The zero-order chi connectivity index (χ0) is 29.0. The van der Waals surface area contributed by atoms with Gasteiger partial charge in [-0.1, -0.05) is 45.9 Å². The Bertz CT molecular complexity index is 1510. The summed E-state index contributed by atoms with van der Waals surface area (Å²) in [5, 5.41) is 0. The highest BCUT2D eigenvalue weighted by molar-refractivity contribution is 14.1. The summed E-state index contributed by atoms with van der Waals surface area (Å²) in [4.78, 5) is 27.3. The van der Waals surface area contributed by atoms with Gasteiger partial charge >= 0.3 is 10.1 Å². The third-order valence-corrected chi connectivity index (χ3v) is 9.51. The minimum Gasteiger partial charge on any atom is -0.490 e. The first-order valence-corrected chi connectivity index (χ1v) is 15.9. The molecular weight excluding hydrogens is 643 g/mol. The molecule has 0 fully saturated rings. The molecule has 1 aliphatic heterocycles. The molecule has 2 aromatic rings. The highest BCUT2D eigenvalue weighted by atomic mass is 127. The summed E-state index contributed by atoms with van der Waals surface area (Å²) in [6.45, 7) is 10.2. The fourth-order valence-electron chi connectivity index (χ4n) is 5.85. The number of ketones is 2. The van der Waals surface area contributed by atoms with Crippen LogP contribution in [0.3, 0.4) is 0 Å². The van der Waals surface area contributed by atoms with Crippen LogP contribution in [0.1, 0.15) is 71.8 Å². The van der Waals surface area contributed by atoms with Crippen LogP contribution in [0.15, 0.2) is 70.0 Å². The molecule has 212 valence electrons. The Morgan fingerprint density at radius 3 is 1.98 bits per heavy atom. The summed E-state index contributed by atoms with van der Waals surface area (Å²) >= 11 is 2.02. The fraction of sp³-hybridized carbons (Fsp3) is 0.419. The van der Waals surface area contributed by atoms with E-state index in [0.29, 0.717) is 57.5 Å². The Balaban J connectivity index is 1.67. The van der Waals surface area contributed by atoms with E-state index in [9.17, 15) is 18.0 Å². The molecule has 0 radical (unpaired) electrons. The maximum Gasteiger partial charge on any atom is 0.339 e. The molecule has 0 bridgehead atoms. The molecule has 0 amide bonds. The SMILES string of the molecule is CCOc1cc(C2C3=C(CC(C)(C)CC3=O)OC3=C2C(=O)CC(C)(C)C3)cc(I)c1OS(=O)(=O)c1ccccc1. The summed E-state index contributed by atoms with van der Waals surface area (Å²) in [5.41, 5.74) is 1.16. The summed E-state index contributed by atoms with van der Waals surface area (Å²) in [7, 11) is -4.13. The van der Waals surface area contributed by atoms with Gasteiger partial charge in [0.2, 0.25) is 0 Å². The molecule has 2 aliphatic carbocycles. The molecule has 40 heavy (non-hydrogen) atoms. The normalized spacial score (nSPS) is 20.6. The van der Waals surface area contributed by atoms with Crippen molar-refractivity contribution in [3.63, 3.8) is 0 Å². The molecule has 0 aromatic heterocycles. The standard InChI is InChI=1S/C31H33IO7S/c1-6-37-23-13-18(12-20(32)29(23)39-40(35,36)19-10-8-7-9-11-19)26-27-21(33)14-30(2,3)16-24(27)38-25-17-31(4,5)15-22(34)28(25)26/h7-13,26H,6,14-17H2,1-5H3. The molecule has 2 aromatic carbocycles. The summed E-state index contributed by atoms with van der Waals surface area (Å²) in [6.07, 6.45) is 1.86. The first-order valence-electron chi connectivity index (χ1n) is 13.4. The number of ether oxygens (including phenoxy) is 2. The Hall–Kier alpha value is -2.66. The van der Waals surface area contributed by atoms with Crippen LogP contribution in [0.25, 0.3) is 0 Å². The molecular formula is C31H33IO7S. The van der Waals surface area contributed by atoms with Crippen molar-refractivity contribution in [3.8, 4) is 11.5 Å². The van der Waals surface area contributed by atoms with Crippen molar-refractivity contribution in [1.82, 2.24) is 0 Å². The van der Waals surface area contributed by atoms with Crippen molar-refractivity contribution in [2.45, 2.75) is 71.1 Å². The molecule has 0 N–H and O–H groups in total. The van der Waals surface area contributed by atoms with Crippen LogP contribution in [-0.4, -0.2) is 26.6 Å². The third kappa shape index (κ3) is 5.46. The Labute approximate surface area is 249 Å². The molecule has 7 nitrogen and oxygen atoms in total. The Morgan fingerprint density at radius 1 is 0.900 bits per heavy atom. The fourth-order valence-corrected chi connectivity index (χ4v) is 7.71. The van der Waals surface area contributed by atoms with Gasteiger partial charge in [0.05, 0.1) is 10.2 Å². The maximum atomic E-state index is 13.6. The lowest BCUT2D eigenvalue weighted by Gasteiger charge is -2.42. The highest BCUT2D eigenvalue weighted by Crippen LogP contribution is 2.54. The smallest absolute Gasteiger partial charge is 0.339 e. The van der Waals surface area contributed by atoms with Gasteiger partial charge in [-0.05, 0) is 70.2 Å². The third-order valence-electron chi connectivity index (χ3n) is 7.47. The van der Waals surface area contributed by atoms with Gasteiger partial charge in [0.15, 0.2) is 23.1 Å². The quantitative estimate of drug-likeness (QED) is 0.244. The van der Waals surface area contributed by atoms with Gasteiger partial charge in [0.25, 0.3) is 0 Å². The van der Waals surface area contributed by atoms with Crippen LogP contribution in [0.5, 0.6) is 11.5 Å². The molecule has 0 spiro atoms. The van der Waals surface area contributed by atoms with Gasteiger partial charge in [-0.3, -0.25) is 9.59 Å². The van der Waals surface area contributed by atoms with E-state index in [4.69, 9.17) is 13.7 Å². The minimum atomic E-state index is -4.13. The van der Waals surface area contributed by atoms with Gasteiger partial charge in [-0.15, -0.1) is 0 Å². The lowest BCUT2D eigenvalue weighted by atomic mass is 9.65. The van der Waals surface area contributed by atoms with Crippen molar-refractivity contribution >= 4 is 44.3 Å². The highest BCUT2D eigenvalue weighted by Gasteiger charge is 2.48. The van der Waals surface area contributed by atoms with Gasteiger partial charge in [0.1, 0.15) is 16.4 Å². The van der Waals surface area contributed by atoms with Crippen molar-refractivity contribution in [2.75, 3.05) is 6.61 Å². The van der Waals surface area contributed by atoms with Crippen molar-refractivity contribution < 1.29 is 31.7 Å². The second kappa shape index (κ2) is 10.3. The Morgan fingerprint density at radius 2 is 1.45 bits per heavy atom. The van der Waals surface area contributed by atoms with Gasteiger partial charge in [-0.2, -0.15) is 8.42 Å². The van der Waals surface area contributed by atoms with E-state index < -0.39 is 16.0 Å². The van der Waals surface area contributed by atoms with Gasteiger partial charge < -0.3 is 13.7 Å². The molecule has 9 heteroatoms. The maximum absolute atomic E-state index is 13.6. The molecule has 1 heterocycles. The molecule has 3 aliphatic rings. The summed E-state index contributed by atoms with van der Waals surface area (Å²) in [5.74, 6) is 0.828. The topological polar surface area (TPSA) is 96.0 Å². The average molecular weight is 677 g/mol.